The number of carbonyl (C=O) groups excluding carboxylic acids is 2. The monoisotopic (exact) mass is 323 g/mol. The van der Waals surface area contributed by atoms with Gasteiger partial charge in [0.15, 0.2) is 0 Å². The van der Waals surface area contributed by atoms with Gasteiger partial charge in [-0.05, 0) is 31.0 Å². The van der Waals surface area contributed by atoms with Gasteiger partial charge >= 0.3 is 0 Å². The third-order valence-corrected chi connectivity index (χ3v) is 4.18. The molecule has 2 amide bonds. The summed E-state index contributed by atoms with van der Waals surface area (Å²) in [4.78, 5) is 25.6. The lowest BCUT2D eigenvalue weighted by Crippen LogP contribution is -2.52. The van der Waals surface area contributed by atoms with Gasteiger partial charge in [-0.25, -0.2) is 0 Å². The van der Waals surface area contributed by atoms with Crippen molar-refractivity contribution in [2.24, 2.45) is 0 Å². The first-order valence-corrected chi connectivity index (χ1v) is 7.94. The fraction of sp³-hybridized carbons (Fsp3) is 0.500. The molecule has 1 atom stereocenters. The lowest BCUT2D eigenvalue weighted by molar-refractivity contribution is -0.138. The molecule has 0 aliphatic carbocycles. The first kappa shape index (κ1) is 16.8. The predicted octanol–water partition coefficient (Wildman–Crippen LogP) is 2.54. The molecule has 1 fully saturated rings. The van der Waals surface area contributed by atoms with Gasteiger partial charge in [0.05, 0.1) is 6.67 Å². The van der Waals surface area contributed by atoms with E-state index in [0.717, 1.165) is 18.4 Å². The van der Waals surface area contributed by atoms with E-state index in [1.807, 2.05) is 13.0 Å². The number of carbonyl (C=O) groups is 2. The summed E-state index contributed by atoms with van der Waals surface area (Å²) >= 11 is 6.03. The van der Waals surface area contributed by atoms with E-state index >= 15 is 0 Å². The van der Waals surface area contributed by atoms with Crippen molar-refractivity contribution in [1.29, 1.82) is 0 Å². The summed E-state index contributed by atoms with van der Waals surface area (Å²) in [6.07, 6.45) is 2.48. The molecule has 0 spiro atoms. The molecule has 1 unspecified atom stereocenters. The molecule has 120 valence electrons. The van der Waals surface area contributed by atoms with Crippen LogP contribution in [0, 0.1) is 6.92 Å². The van der Waals surface area contributed by atoms with Crippen LogP contribution in [0.4, 0.5) is 5.69 Å². The van der Waals surface area contributed by atoms with Crippen LogP contribution in [-0.2, 0) is 9.59 Å². The highest BCUT2D eigenvalue weighted by atomic mass is 35.5. The Morgan fingerprint density at radius 1 is 1.50 bits per heavy atom. The molecule has 1 aromatic carbocycles. The van der Waals surface area contributed by atoms with Gasteiger partial charge in [0, 0.05) is 23.2 Å². The zero-order chi connectivity index (χ0) is 16.1. The highest BCUT2D eigenvalue weighted by Crippen LogP contribution is 2.20. The quantitative estimate of drug-likeness (QED) is 0.875. The zero-order valence-corrected chi connectivity index (χ0v) is 13.7. The molecule has 0 saturated carbocycles. The average molecular weight is 324 g/mol. The smallest absolute Gasteiger partial charge is 0.244 e. The summed E-state index contributed by atoms with van der Waals surface area (Å²) in [5, 5.41) is 6.67. The van der Waals surface area contributed by atoms with E-state index in [0.29, 0.717) is 23.8 Å². The van der Waals surface area contributed by atoms with Crippen LogP contribution in [0.2, 0.25) is 5.02 Å². The summed E-state index contributed by atoms with van der Waals surface area (Å²) in [7, 11) is 0. The van der Waals surface area contributed by atoms with Crippen LogP contribution < -0.4 is 10.6 Å². The molecule has 5 nitrogen and oxygen atoms in total. The molecule has 6 heteroatoms. The minimum absolute atomic E-state index is 0.0225. The number of rotatable bonds is 5. The molecular formula is C16H22ClN3O2. The van der Waals surface area contributed by atoms with Gasteiger partial charge in [0.25, 0.3) is 0 Å². The van der Waals surface area contributed by atoms with Crippen LogP contribution in [0.25, 0.3) is 0 Å². The normalized spacial score (nSPS) is 18.4. The Kier molecular flexibility index (Phi) is 5.80. The highest BCUT2D eigenvalue weighted by molar-refractivity contribution is 6.31. The number of halogens is 1. The van der Waals surface area contributed by atoms with E-state index in [4.69, 9.17) is 11.6 Å². The van der Waals surface area contributed by atoms with Gasteiger partial charge in [-0.2, -0.15) is 0 Å². The molecule has 1 aromatic rings. The molecule has 2 rings (SSSR count). The standard InChI is InChI=1S/C16H22ClN3O2/c1-3-4-12-8-16(22)20(10-18-12)9-15(21)19-13-6-5-11(2)14(17)7-13/h5-7,12,18H,3-4,8-10H2,1-2H3,(H,19,21). The Labute approximate surface area is 136 Å². The highest BCUT2D eigenvalue weighted by Gasteiger charge is 2.25. The van der Waals surface area contributed by atoms with Crippen molar-refractivity contribution >= 4 is 29.1 Å². The Bertz CT molecular complexity index is 562. The van der Waals surface area contributed by atoms with E-state index in [9.17, 15) is 9.59 Å². The SMILES string of the molecule is CCCC1CC(=O)N(CC(=O)Nc2ccc(C)c(Cl)c2)CN1. The maximum Gasteiger partial charge on any atom is 0.244 e. The van der Waals surface area contributed by atoms with Crippen molar-refractivity contribution in [2.75, 3.05) is 18.5 Å². The number of hydrogen-bond donors (Lipinski definition) is 2. The van der Waals surface area contributed by atoms with Crippen LogP contribution in [0.3, 0.4) is 0 Å². The first-order chi connectivity index (χ1) is 10.5. The van der Waals surface area contributed by atoms with Crippen molar-refractivity contribution in [3.63, 3.8) is 0 Å². The molecule has 2 N–H and O–H groups in total. The third-order valence-electron chi connectivity index (χ3n) is 3.77. The Hall–Kier alpha value is -1.59. The second-order valence-corrected chi connectivity index (χ2v) is 6.06. The van der Waals surface area contributed by atoms with E-state index < -0.39 is 0 Å². The fourth-order valence-corrected chi connectivity index (χ4v) is 2.66. The molecule has 22 heavy (non-hydrogen) atoms. The second-order valence-electron chi connectivity index (χ2n) is 5.66. The van der Waals surface area contributed by atoms with Gasteiger partial charge < -0.3 is 10.2 Å². The van der Waals surface area contributed by atoms with Crippen molar-refractivity contribution in [3.8, 4) is 0 Å². The van der Waals surface area contributed by atoms with Gasteiger partial charge in [0.2, 0.25) is 11.8 Å². The summed E-state index contributed by atoms with van der Waals surface area (Å²) in [5.74, 6) is -0.196. The molecule has 0 radical (unpaired) electrons. The Morgan fingerprint density at radius 3 is 2.91 bits per heavy atom. The van der Waals surface area contributed by atoms with E-state index in [1.54, 1.807) is 12.1 Å². The topological polar surface area (TPSA) is 61.4 Å². The average Bonchev–Trinajstić information content (AvgIpc) is 2.46. The van der Waals surface area contributed by atoms with Gasteiger partial charge in [-0.1, -0.05) is 31.0 Å². The molecule has 1 aliphatic heterocycles. The number of benzene rings is 1. The van der Waals surface area contributed by atoms with Crippen LogP contribution in [0.15, 0.2) is 18.2 Å². The summed E-state index contributed by atoms with van der Waals surface area (Å²) in [5.41, 5.74) is 1.60. The molecule has 1 heterocycles. The predicted molar refractivity (Wildman–Crippen MR) is 87.8 cm³/mol. The summed E-state index contributed by atoms with van der Waals surface area (Å²) in [6.45, 7) is 4.47. The number of amides is 2. The van der Waals surface area contributed by atoms with Gasteiger partial charge in [-0.15, -0.1) is 0 Å². The Balaban J connectivity index is 1.87. The lowest BCUT2D eigenvalue weighted by Gasteiger charge is -2.32. The molecule has 0 aromatic heterocycles. The fourth-order valence-electron chi connectivity index (χ4n) is 2.48. The van der Waals surface area contributed by atoms with Gasteiger partial charge in [-0.3, -0.25) is 14.9 Å². The number of nitrogens with one attached hydrogen (secondary N) is 2. The zero-order valence-electron chi connectivity index (χ0n) is 13.0. The van der Waals surface area contributed by atoms with E-state index in [2.05, 4.69) is 17.6 Å². The summed E-state index contributed by atoms with van der Waals surface area (Å²) in [6, 6.07) is 5.59. The van der Waals surface area contributed by atoms with Gasteiger partial charge in [0.1, 0.15) is 6.54 Å². The van der Waals surface area contributed by atoms with E-state index in [1.165, 1.54) is 4.90 Å². The van der Waals surface area contributed by atoms with Crippen molar-refractivity contribution in [2.45, 2.75) is 39.2 Å². The molecular weight excluding hydrogens is 302 g/mol. The maximum absolute atomic E-state index is 12.1. The maximum atomic E-state index is 12.1. The number of anilines is 1. The van der Waals surface area contributed by atoms with Crippen LogP contribution in [0.1, 0.15) is 31.7 Å². The third kappa shape index (κ3) is 4.45. The molecule has 1 saturated heterocycles. The van der Waals surface area contributed by atoms with Crippen LogP contribution in [0.5, 0.6) is 0 Å². The number of aryl methyl sites for hydroxylation is 1. The van der Waals surface area contributed by atoms with Crippen LogP contribution in [-0.4, -0.2) is 36.0 Å². The lowest BCUT2D eigenvalue weighted by atomic mass is 10.1. The minimum Gasteiger partial charge on any atom is -0.324 e. The van der Waals surface area contributed by atoms with Crippen molar-refractivity contribution in [3.05, 3.63) is 28.8 Å². The largest absolute Gasteiger partial charge is 0.324 e. The van der Waals surface area contributed by atoms with E-state index in [-0.39, 0.29) is 24.4 Å². The summed E-state index contributed by atoms with van der Waals surface area (Å²) < 4.78 is 0. The van der Waals surface area contributed by atoms with Crippen molar-refractivity contribution < 1.29 is 9.59 Å². The number of nitrogens with zero attached hydrogens (tertiary/aromatic N) is 1. The minimum atomic E-state index is -0.219. The van der Waals surface area contributed by atoms with Crippen molar-refractivity contribution in [1.82, 2.24) is 10.2 Å². The second kappa shape index (κ2) is 7.61. The molecule has 0 bridgehead atoms. The molecule has 1 aliphatic rings. The van der Waals surface area contributed by atoms with Crippen LogP contribution >= 0.6 is 11.6 Å². The first-order valence-electron chi connectivity index (χ1n) is 7.56. The Morgan fingerprint density at radius 2 is 2.27 bits per heavy atom. The number of hydrogen-bond acceptors (Lipinski definition) is 3.